The number of anilines is 2. The van der Waals surface area contributed by atoms with E-state index in [-0.39, 0.29) is 24.0 Å². The molecule has 2 aromatic carbocycles. The van der Waals surface area contributed by atoms with Crippen LogP contribution in [0, 0.1) is 0 Å². The molecule has 0 aliphatic carbocycles. The second kappa shape index (κ2) is 11.1. The summed E-state index contributed by atoms with van der Waals surface area (Å²) in [6.07, 6.45) is 1.91. The topological polar surface area (TPSA) is 92.6 Å². The summed E-state index contributed by atoms with van der Waals surface area (Å²) in [5.41, 5.74) is 1.78. The van der Waals surface area contributed by atoms with E-state index in [1.165, 1.54) is 24.5 Å². The Morgan fingerprint density at radius 1 is 1.06 bits per heavy atom. The molecule has 0 atom stereocenters. The molecule has 1 aromatic heterocycles. The molecular weight excluding hydrogens is 444 g/mol. The predicted molar refractivity (Wildman–Crippen MR) is 116 cm³/mol. The molecule has 2 amide bonds. The van der Waals surface area contributed by atoms with E-state index in [9.17, 15) is 18.4 Å². The molecule has 3 N–H and O–H groups in total. The van der Waals surface area contributed by atoms with Gasteiger partial charge in [-0.2, -0.15) is 8.78 Å². The molecule has 0 aliphatic rings. The lowest BCUT2D eigenvalue weighted by Gasteiger charge is -2.13. The average Bonchev–Trinajstić information content (AvgIpc) is 3.29. The second-order valence-electron chi connectivity index (χ2n) is 6.60. The molecule has 7 nitrogen and oxygen atoms in total. The van der Waals surface area contributed by atoms with Crippen molar-refractivity contribution in [3.63, 3.8) is 0 Å². The van der Waals surface area contributed by atoms with E-state index in [2.05, 4.69) is 20.7 Å². The molecule has 0 spiro atoms. The van der Waals surface area contributed by atoms with Crippen molar-refractivity contribution in [1.82, 2.24) is 5.32 Å². The van der Waals surface area contributed by atoms with Crippen molar-refractivity contribution in [2.45, 2.75) is 13.0 Å². The number of ether oxygens (including phenoxy) is 1. The highest BCUT2D eigenvalue weighted by atomic mass is 35.5. The summed E-state index contributed by atoms with van der Waals surface area (Å²) in [7, 11) is 0. The summed E-state index contributed by atoms with van der Waals surface area (Å²) in [5, 5.41) is 8.83. The fraction of sp³-hybridized carbons (Fsp3) is 0.182. The number of carbonyl (C=O) groups is 2. The molecule has 10 heteroatoms. The third-order valence-corrected chi connectivity index (χ3v) is 4.53. The van der Waals surface area contributed by atoms with Gasteiger partial charge in [0.1, 0.15) is 5.75 Å². The lowest BCUT2D eigenvalue weighted by atomic mass is 10.1. The van der Waals surface area contributed by atoms with E-state index < -0.39 is 12.5 Å². The van der Waals surface area contributed by atoms with Crippen LogP contribution in [0.15, 0.2) is 65.3 Å². The number of benzene rings is 2. The van der Waals surface area contributed by atoms with Crippen molar-refractivity contribution in [2.75, 3.05) is 23.7 Å². The first-order valence-corrected chi connectivity index (χ1v) is 9.97. The van der Waals surface area contributed by atoms with Crippen molar-refractivity contribution in [1.29, 1.82) is 0 Å². The van der Waals surface area contributed by atoms with Gasteiger partial charge < -0.3 is 25.1 Å². The van der Waals surface area contributed by atoms with Crippen LogP contribution in [0.1, 0.15) is 16.1 Å². The SMILES string of the molecule is O=C(CNc1ccc(Cl)cc1NC(=O)c1ccco1)NCCc1ccc(OC(F)F)cc1. The molecule has 0 bridgehead atoms. The van der Waals surface area contributed by atoms with Crippen molar-refractivity contribution >= 4 is 34.8 Å². The molecule has 0 radical (unpaired) electrons. The maximum atomic E-state index is 12.2. The molecule has 3 rings (SSSR count). The van der Waals surface area contributed by atoms with Crippen molar-refractivity contribution in [3.05, 3.63) is 77.2 Å². The van der Waals surface area contributed by atoms with Crippen LogP contribution in [0.25, 0.3) is 0 Å². The maximum absolute atomic E-state index is 12.2. The fourth-order valence-electron chi connectivity index (χ4n) is 2.79. The van der Waals surface area contributed by atoms with Crippen LogP contribution in [-0.4, -0.2) is 31.5 Å². The molecule has 168 valence electrons. The van der Waals surface area contributed by atoms with Crippen LogP contribution in [0.2, 0.25) is 5.02 Å². The van der Waals surface area contributed by atoms with Crippen molar-refractivity contribution in [3.8, 4) is 5.75 Å². The van der Waals surface area contributed by atoms with Crippen LogP contribution in [-0.2, 0) is 11.2 Å². The zero-order chi connectivity index (χ0) is 22.9. The molecule has 3 aromatic rings. The molecule has 0 unspecified atom stereocenters. The van der Waals surface area contributed by atoms with E-state index in [0.717, 1.165) is 5.56 Å². The van der Waals surface area contributed by atoms with Gasteiger partial charge in [0.05, 0.1) is 24.2 Å². The molecule has 0 fully saturated rings. The minimum absolute atomic E-state index is 0.0353. The lowest BCUT2D eigenvalue weighted by molar-refractivity contribution is -0.119. The van der Waals surface area contributed by atoms with Crippen LogP contribution >= 0.6 is 11.6 Å². The number of carbonyl (C=O) groups excluding carboxylic acids is 2. The first kappa shape index (κ1) is 23.1. The Balaban J connectivity index is 1.47. The van der Waals surface area contributed by atoms with Gasteiger partial charge in [0.15, 0.2) is 5.76 Å². The van der Waals surface area contributed by atoms with Crippen LogP contribution in [0.4, 0.5) is 20.2 Å². The summed E-state index contributed by atoms with van der Waals surface area (Å²) in [4.78, 5) is 24.4. The van der Waals surface area contributed by atoms with Crippen LogP contribution in [0.5, 0.6) is 5.75 Å². The standard InChI is InChI=1S/C22H20ClF2N3O4/c23-15-5-8-17(18(12-15)28-21(30)19-2-1-11-31-19)27-13-20(29)26-10-9-14-3-6-16(7-4-14)32-22(24)25/h1-8,11-12,22,27H,9-10,13H2,(H,26,29)(H,28,30). The molecule has 0 saturated heterocycles. The smallest absolute Gasteiger partial charge is 0.387 e. The van der Waals surface area contributed by atoms with Crippen LogP contribution in [0.3, 0.4) is 0 Å². The lowest BCUT2D eigenvalue weighted by Crippen LogP contribution is -2.31. The van der Waals surface area contributed by atoms with E-state index in [0.29, 0.717) is 29.4 Å². The summed E-state index contributed by atoms with van der Waals surface area (Å²) in [5.74, 6) is -0.493. The van der Waals surface area contributed by atoms with E-state index in [1.54, 1.807) is 36.4 Å². The first-order valence-electron chi connectivity index (χ1n) is 9.59. The van der Waals surface area contributed by atoms with Gasteiger partial charge in [-0.15, -0.1) is 0 Å². The van der Waals surface area contributed by atoms with Gasteiger partial charge in [-0.3, -0.25) is 9.59 Å². The molecule has 32 heavy (non-hydrogen) atoms. The Morgan fingerprint density at radius 2 is 1.84 bits per heavy atom. The van der Waals surface area contributed by atoms with E-state index in [4.69, 9.17) is 16.0 Å². The summed E-state index contributed by atoms with van der Waals surface area (Å²) in [6, 6.07) is 14.2. The highest BCUT2D eigenvalue weighted by molar-refractivity contribution is 6.31. The summed E-state index contributed by atoms with van der Waals surface area (Å²) < 4.78 is 33.7. The van der Waals surface area contributed by atoms with E-state index >= 15 is 0 Å². The van der Waals surface area contributed by atoms with Crippen molar-refractivity contribution in [2.24, 2.45) is 0 Å². The zero-order valence-electron chi connectivity index (χ0n) is 16.7. The van der Waals surface area contributed by atoms with Gasteiger partial charge in [-0.25, -0.2) is 0 Å². The molecule has 0 aliphatic heterocycles. The third kappa shape index (κ3) is 6.98. The predicted octanol–water partition coefficient (Wildman–Crippen LogP) is 4.56. The minimum atomic E-state index is -2.87. The number of alkyl halides is 2. The first-order chi connectivity index (χ1) is 15.4. The number of hydrogen-bond donors (Lipinski definition) is 3. The Bertz CT molecular complexity index is 1040. The summed E-state index contributed by atoms with van der Waals surface area (Å²) in [6.45, 7) is -2.54. The van der Waals surface area contributed by atoms with Gasteiger partial charge in [-0.05, 0) is 54.4 Å². The van der Waals surface area contributed by atoms with Gasteiger partial charge in [0.25, 0.3) is 5.91 Å². The number of rotatable bonds is 10. The van der Waals surface area contributed by atoms with Gasteiger partial charge in [0, 0.05) is 11.6 Å². The Labute approximate surface area is 187 Å². The monoisotopic (exact) mass is 463 g/mol. The van der Waals surface area contributed by atoms with Crippen molar-refractivity contribution < 1.29 is 27.5 Å². The van der Waals surface area contributed by atoms with Gasteiger partial charge >= 0.3 is 6.61 Å². The Hall–Kier alpha value is -3.59. The number of hydrogen-bond acceptors (Lipinski definition) is 5. The molecular formula is C22H20ClF2N3O4. The van der Waals surface area contributed by atoms with Gasteiger partial charge in [0.2, 0.25) is 5.91 Å². The Kier molecular flexibility index (Phi) is 8.04. The van der Waals surface area contributed by atoms with Gasteiger partial charge in [-0.1, -0.05) is 23.7 Å². The van der Waals surface area contributed by atoms with Crippen LogP contribution < -0.4 is 20.7 Å². The maximum Gasteiger partial charge on any atom is 0.387 e. The highest BCUT2D eigenvalue weighted by Crippen LogP contribution is 2.26. The number of furan rings is 1. The van der Waals surface area contributed by atoms with E-state index in [1.807, 2.05) is 0 Å². The molecule has 1 heterocycles. The normalized spacial score (nSPS) is 10.6. The fourth-order valence-corrected chi connectivity index (χ4v) is 2.96. The number of nitrogens with one attached hydrogen (secondary N) is 3. The quantitative estimate of drug-likeness (QED) is 0.410. The largest absolute Gasteiger partial charge is 0.459 e. The second-order valence-corrected chi connectivity index (χ2v) is 7.03. The average molecular weight is 464 g/mol. The number of amides is 2. The summed E-state index contributed by atoms with van der Waals surface area (Å²) >= 11 is 6.02. The minimum Gasteiger partial charge on any atom is -0.459 e. The highest BCUT2D eigenvalue weighted by Gasteiger charge is 2.13. The third-order valence-electron chi connectivity index (χ3n) is 4.30. The number of halogens is 3. The Morgan fingerprint density at radius 3 is 2.53 bits per heavy atom. The molecule has 0 saturated carbocycles. The zero-order valence-corrected chi connectivity index (χ0v) is 17.5.